The quantitative estimate of drug-likeness (QED) is 0.252. The van der Waals surface area contributed by atoms with Crippen molar-refractivity contribution in [1.29, 1.82) is 0 Å². The van der Waals surface area contributed by atoms with Crippen LogP contribution in [0.4, 0.5) is 0 Å². The Morgan fingerprint density at radius 2 is 1.70 bits per heavy atom. The Hall–Kier alpha value is 0.750. The normalized spacial score (nSPS) is 36.1. The van der Waals surface area contributed by atoms with Crippen molar-refractivity contribution in [1.82, 2.24) is 0 Å². The molecule has 0 amide bonds. The molecule has 11 heteroatoms. The van der Waals surface area contributed by atoms with Crippen LogP contribution in [-0.2, 0) is 24.9 Å². The molecule has 1 saturated heterocycles. The molecule has 0 radical (unpaired) electrons. The monoisotopic (exact) mass is 508 g/mol. The molecule has 7 rings (SSSR count). The van der Waals surface area contributed by atoms with Crippen LogP contribution < -0.4 is 73.4 Å². The summed E-state index contributed by atoms with van der Waals surface area (Å²) in [7, 11) is -3.67. The number of phosphoric acid groups is 1. The summed E-state index contributed by atoms with van der Waals surface area (Å²) in [6.07, 6.45) is 5.67. The summed E-state index contributed by atoms with van der Waals surface area (Å²) in [5.41, 5.74) is 0.545. The van der Waals surface area contributed by atoms with Crippen molar-refractivity contribution in [3.8, 4) is 16.2 Å². The van der Waals surface area contributed by atoms with Gasteiger partial charge in [-0.15, -0.1) is 11.3 Å². The maximum Gasteiger partial charge on any atom is 1.00 e. The van der Waals surface area contributed by atoms with Crippen molar-refractivity contribution in [3.05, 3.63) is 41.3 Å². The molecular formula is C22H23Na2O7PS. The van der Waals surface area contributed by atoms with Gasteiger partial charge in [0, 0.05) is 23.1 Å². The molecule has 1 unspecified atom stereocenters. The van der Waals surface area contributed by atoms with Crippen LogP contribution in [0, 0.1) is 23.7 Å². The molecule has 2 aromatic rings. The SMILES string of the molecule is COC1(c2ccc(-c3cccs3)c(OP(=O)([O-])[O-])c2)OOC12C1CC3CC(C1)CC2C3.[Na+].[Na+]. The third kappa shape index (κ3) is 4.11. The van der Waals surface area contributed by atoms with Gasteiger partial charge >= 0.3 is 59.1 Å². The molecule has 2 heterocycles. The molecule has 4 saturated carbocycles. The van der Waals surface area contributed by atoms with E-state index in [2.05, 4.69) is 0 Å². The third-order valence-electron chi connectivity index (χ3n) is 7.81. The maximum absolute atomic E-state index is 11.5. The van der Waals surface area contributed by atoms with E-state index in [1.807, 2.05) is 23.6 Å². The topological polar surface area (TPSA) is 100 Å². The van der Waals surface area contributed by atoms with Crippen LogP contribution in [0.15, 0.2) is 35.7 Å². The van der Waals surface area contributed by atoms with Crippen molar-refractivity contribution >= 4 is 19.2 Å². The molecule has 5 fully saturated rings. The molecule has 0 N–H and O–H groups in total. The summed E-state index contributed by atoms with van der Waals surface area (Å²) in [6.45, 7) is 0. The zero-order valence-electron chi connectivity index (χ0n) is 19.0. The maximum atomic E-state index is 11.5. The Kier molecular flexibility index (Phi) is 7.77. The fourth-order valence-corrected chi connectivity index (χ4v) is 8.06. The van der Waals surface area contributed by atoms with E-state index in [0.717, 1.165) is 42.4 Å². The minimum atomic E-state index is -5.26. The Balaban J connectivity index is 0.00000130. The molecule has 1 aromatic carbocycles. The van der Waals surface area contributed by atoms with Gasteiger partial charge in [-0.1, -0.05) is 12.1 Å². The van der Waals surface area contributed by atoms with Crippen LogP contribution in [0.25, 0.3) is 10.4 Å². The van der Waals surface area contributed by atoms with E-state index in [-0.39, 0.29) is 64.9 Å². The first-order valence-electron chi connectivity index (χ1n) is 10.7. The molecular weight excluding hydrogens is 485 g/mol. The smallest absolute Gasteiger partial charge is 0.780 e. The van der Waals surface area contributed by atoms with Crippen LogP contribution in [0.2, 0.25) is 0 Å². The van der Waals surface area contributed by atoms with Gasteiger partial charge in [-0.05, 0) is 79.4 Å². The second kappa shape index (κ2) is 9.56. The van der Waals surface area contributed by atoms with Crippen molar-refractivity contribution in [3.63, 3.8) is 0 Å². The number of phosphoric ester groups is 1. The van der Waals surface area contributed by atoms with Crippen LogP contribution >= 0.6 is 19.2 Å². The van der Waals surface area contributed by atoms with E-state index >= 15 is 0 Å². The second-order valence-corrected chi connectivity index (χ2v) is 11.3. The van der Waals surface area contributed by atoms with E-state index < -0.39 is 19.2 Å². The van der Waals surface area contributed by atoms with Gasteiger partial charge in [0.25, 0.3) is 5.79 Å². The molecule has 4 aliphatic carbocycles. The van der Waals surface area contributed by atoms with Crippen molar-refractivity contribution in [2.45, 2.75) is 43.5 Å². The van der Waals surface area contributed by atoms with E-state index in [1.165, 1.54) is 17.8 Å². The fourth-order valence-electron chi connectivity index (χ4n) is 6.91. The van der Waals surface area contributed by atoms with Gasteiger partial charge in [-0.3, -0.25) is 0 Å². The number of benzene rings is 1. The molecule has 1 aliphatic heterocycles. The number of ether oxygens (including phenoxy) is 1. The summed E-state index contributed by atoms with van der Waals surface area (Å²) in [4.78, 5) is 35.5. The first kappa shape index (κ1) is 26.8. The Morgan fingerprint density at radius 3 is 2.18 bits per heavy atom. The van der Waals surface area contributed by atoms with Gasteiger partial charge in [0.15, 0.2) is 5.60 Å². The molecule has 33 heavy (non-hydrogen) atoms. The van der Waals surface area contributed by atoms with Gasteiger partial charge < -0.3 is 23.6 Å². The molecule has 4 bridgehead atoms. The average Bonchev–Trinajstić information content (AvgIpc) is 3.21. The van der Waals surface area contributed by atoms with Crippen LogP contribution in [0.5, 0.6) is 5.75 Å². The molecule has 1 atom stereocenters. The predicted octanol–water partition coefficient (Wildman–Crippen LogP) is -2.41. The number of thiophene rings is 1. The summed E-state index contributed by atoms with van der Waals surface area (Å²) in [6, 6.07) is 8.89. The van der Waals surface area contributed by atoms with Crippen LogP contribution in [0.1, 0.15) is 37.7 Å². The zero-order chi connectivity index (χ0) is 21.4. The number of hydrogen-bond donors (Lipinski definition) is 0. The Bertz CT molecular complexity index is 1030. The predicted molar refractivity (Wildman–Crippen MR) is 109 cm³/mol. The summed E-state index contributed by atoms with van der Waals surface area (Å²) >= 11 is 1.43. The summed E-state index contributed by atoms with van der Waals surface area (Å²) < 4.78 is 22.4. The first-order chi connectivity index (χ1) is 14.8. The van der Waals surface area contributed by atoms with E-state index in [9.17, 15) is 14.4 Å². The van der Waals surface area contributed by atoms with Crippen LogP contribution in [-0.4, -0.2) is 12.7 Å². The zero-order valence-corrected chi connectivity index (χ0v) is 24.7. The molecule has 1 spiro atoms. The molecule has 7 nitrogen and oxygen atoms in total. The number of hydrogen-bond acceptors (Lipinski definition) is 8. The van der Waals surface area contributed by atoms with Gasteiger partial charge in [-0.25, -0.2) is 4.89 Å². The standard InChI is InChI=1S/C22H25O7PS.2Na/c1-26-22(21(28-29-22)16-8-13-7-14(10-16)11-17(21)9-13)15-4-5-18(20-3-2-6-31-20)19(12-15)27-30(23,24)25;;/h2-6,12-14,16-17H,7-11H2,1H3,(H2,23,24,25);;/q;2*+1/p-2. The van der Waals surface area contributed by atoms with Crippen molar-refractivity contribution in [2.75, 3.05) is 7.11 Å². The average molecular weight is 508 g/mol. The Labute approximate surface area is 241 Å². The summed E-state index contributed by atoms with van der Waals surface area (Å²) in [5, 5.41) is 1.88. The minimum absolute atomic E-state index is 0. The van der Waals surface area contributed by atoms with Gasteiger partial charge in [0.1, 0.15) is 13.6 Å². The van der Waals surface area contributed by atoms with Crippen molar-refractivity contribution < 1.29 is 92.5 Å². The van der Waals surface area contributed by atoms with E-state index in [0.29, 0.717) is 23.0 Å². The van der Waals surface area contributed by atoms with Gasteiger partial charge in [-0.2, -0.15) is 4.89 Å². The van der Waals surface area contributed by atoms with Crippen molar-refractivity contribution in [2.24, 2.45) is 23.7 Å². The number of rotatable bonds is 5. The number of methoxy groups -OCH3 is 1. The summed E-state index contributed by atoms with van der Waals surface area (Å²) in [5.74, 6) is 0.946. The van der Waals surface area contributed by atoms with Crippen LogP contribution in [0.3, 0.4) is 0 Å². The van der Waals surface area contributed by atoms with Gasteiger partial charge in [0.05, 0.1) is 0 Å². The Morgan fingerprint density at radius 1 is 1.03 bits per heavy atom. The fraction of sp³-hybridized carbons (Fsp3) is 0.545. The minimum Gasteiger partial charge on any atom is -0.780 e. The van der Waals surface area contributed by atoms with Gasteiger partial charge in [0.2, 0.25) is 0 Å². The molecule has 1 aromatic heterocycles. The van der Waals surface area contributed by atoms with E-state index in [1.54, 1.807) is 19.2 Å². The first-order valence-corrected chi connectivity index (χ1v) is 13.0. The molecule has 166 valence electrons. The second-order valence-electron chi connectivity index (χ2n) is 9.31. The third-order valence-corrected chi connectivity index (χ3v) is 9.13. The van der Waals surface area contributed by atoms with E-state index in [4.69, 9.17) is 19.0 Å². The molecule has 5 aliphatic rings. The largest absolute Gasteiger partial charge is 1.00 e.